The molecule has 0 unspecified atom stereocenters. The summed E-state index contributed by atoms with van der Waals surface area (Å²) >= 11 is 1.91. The molecule has 1 aromatic rings. The van der Waals surface area contributed by atoms with E-state index < -0.39 is 0 Å². The van der Waals surface area contributed by atoms with Crippen LogP contribution in [0.5, 0.6) is 0 Å². The van der Waals surface area contributed by atoms with E-state index in [-0.39, 0.29) is 5.91 Å². The first-order valence-corrected chi connectivity index (χ1v) is 9.40. The van der Waals surface area contributed by atoms with Crippen LogP contribution in [0.2, 0.25) is 0 Å². The van der Waals surface area contributed by atoms with Crippen molar-refractivity contribution in [3.63, 3.8) is 0 Å². The first-order valence-electron chi connectivity index (χ1n) is 8.52. The quantitative estimate of drug-likeness (QED) is 0.860. The Morgan fingerprint density at radius 3 is 2.73 bits per heavy atom. The number of rotatable bonds is 3. The predicted molar refractivity (Wildman–Crippen MR) is 93.6 cm³/mol. The van der Waals surface area contributed by atoms with Crippen LogP contribution in [0.25, 0.3) is 0 Å². The lowest BCUT2D eigenvalue weighted by atomic mass is 10.1. The molecule has 0 saturated heterocycles. The monoisotopic (exact) mass is 318 g/mol. The number of hydrogen-bond donors (Lipinski definition) is 1. The minimum atomic E-state index is 0.181. The molecule has 1 atom stereocenters. The Balaban J connectivity index is 1.61. The van der Waals surface area contributed by atoms with Crippen molar-refractivity contribution < 1.29 is 4.79 Å². The number of hydrogen-bond acceptors (Lipinski definition) is 3. The Hall–Kier alpha value is -1.16. The van der Waals surface area contributed by atoms with Crippen LogP contribution in [0.15, 0.2) is 29.2 Å². The van der Waals surface area contributed by atoms with E-state index in [0.29, 0.717) is 17.8 Å². The van der Waals surface area contributed by atoms with Crippen LogP contribution in [0, 0.1) is 0 Å². The number of thioether (sulfide) groups is 1. The number of para-hydroxylation sites is 1. The van der Waals surface area contributed by atoms with Gasteiger partial charge in [-0.25, -0.2) is 0 Å². The lowest BCUT2D eigenvalue weighted by Crippen LogP contribution is -2.44. The van der Waals surface area contributed by atoms with Gasteiger partial charge in [-0.2, -0.15) is 0 Å². The number of anilines is 1. The molecule has 1 aliphatic heterocycles. The molecule has 1 amide bonds. The van der Waals surface area contributed by atoms with Crippen molar-refractivity contribution in [1.29, 1.82) is 0 Å². The van der Waals surface area contributed by atoms with Gasteiger partial charge in [-0.05, 0) is 25.0 Å². The Bertz CT molecular complexity index is 512. The van der Waals surface area contributed by atoms with Gasteiger partial charge in [-0.15, -0.1) is 11.8 Å². The van der Waals surface area contributed by atoms with Crippen LogP contribution in [0.4, 0.5) is 5.69 Å². The highest BCUT2D eigenvalue weighted by Gasteiger charge is 2.24. The second-order valence-corrected chi connectivity index (χ2v) is 8.01. The summed E-state index contributed by atoms with van der Waals surface area (Å²) in [5.41, 5.74) is 1.21. The predicted octanol–water partition coefficient (Wildman–Crippen LogP) is 3.83. The van der Waals surface area contributed by atoms with Crippen LogP contribution < -0.4 is 10.2 Å². The molecule has 0 aromatic heterocycles. The van der Waals surface area contributed by atoms with E-state index in [4.69, 9.17) is 0 Å². The van der Waals surface area contributed by atoms with E-state index in [1.165, 1.54) is 36.3 Å². The fourth-order valence-electron chi connectivity index (χ4n) is 3.50. The summed E-state index contributed by atoms with van der Waals surface area (Å²) in [4.78, 5) is 16.0. The van der Waals surface area contributed by atoms with E-state index in [9.17, 15) is 4.79 Å². The normalized spacial score (nSPS) is 22.8. The van der Waals surface area contributed by atoms with Gasteiger partial charge < -0.3 is 10.2 Å². The maximum absolute atomic E-state index is 12.4. The summed E-state index contributed by atoms with van der Waals surface area (Å²) in [6.45, 7) is 3.66. The summed E-state index contributed by atoms with van der Waals surface area (Å²) in [5.74, 6) is 0.181. The summed E-state index contributed by atoms with van der Waals surface area (Å²) < 4.78 is 0. The highest BCUT2D eigenvalue weighted by atomic mass is 32.2. The molecule has 0 spiro atoms. The molecule has 1 saturated carbocycles. The van der Waals surface area contributed by atoms with Crippen molar-refractivity contribution in [2.75, 3.05) is 18.0 Å². The summed E-state index contributed by atoms with van der Waals surface area (Å²) in [7, 11) is 0. The molecule has 4 heteroatoms. The molecular weight excluding hydrogens is 292 g/mol. The molecule has 0 radical (unpaired) electrons. The molecule has 2 aliphatic rings. The molecule has 22 heavy (non-hydrogen) atoms. The maximum atomic E-state index is 12.4. The van der Waals surface area contributed by atoms with Gasteiger partial charge in [0.25, 0.3) is 0 Å². The molecule has 1 heterocycles. The van der Waals surface area contributed by atoms with Crippen LogP contribution in [-0.4, -0.2) is 30.3 Å². The third-order valence-corrected chi connectivity index (χ3v) is 5.72. The van der Waals surface area contributed by atoms with E-state index in [1.807, 2.05) is 11.8 Å². The minimum absolute atomic E-state index is 0.181. The molecule has 1 fully saturated rings. The van der Waals surface area contributed by atoms with Crippen molar-refractivity contribution in [2.24, 2.45) is 0 Å². The summed E-state index contributed by atoms with van der Waals surface area (Å²) in [5, 5.41) is 3.79. The lowest BCUT2D eigenvalue weighted by molar-refractivity contribution is -0.120. The van der Waals surface area contributed by atoms with Crippen LogP contribution in [0.1, 0.15) is 45.4 Å². The van der Waals surface area contributed by atoms with Gasteiger partial charge in [0.05, 0.1) is 12.2 Å². The zero-order valence-corrected chi connectivity index (χ0v) is 14.2. The smallest absolute Gasteiger partial charge is 0.239 e. The summed E-state index contributed by atoms with van der Waals surface area (Å²) in [6.07, 6.45) is 7.45. The maximum Gasteiger partial charge on any atom is 0.239 e. The van der Waals surface area contributed by atoms with Gasteiger partial charge in [-0.3, -0.25) is 4.79 Å². The number of amides is 1. The second-order valence-electron chi connectivity index (χ2n) is 6.53. The van der Waals surface area contributed by atoms with Crippen molar-refractivity contribution in [1.82, 2.24) is 5.32 Å². The minimum Gasteiger partial charge on any atom is -0.360 e. The number of fused-ring (bicyclic) bond motifs is 1. The highest BCUT2D eigenvalue weighted by molar-refractivity contribution is 8.00. The van der Waals surface area contributed by atoms with Gasteiger partial charge in [-0.1, -0.05) is 44.7 Å². The SMILES string of the molecule is C[C@@H]1CN(CC(=O)NC2CCCCCC2)c2ccccc2S1. The third-order valence-electron chi connectivity index (χ3n) is 4.57. The number of carbonyl (C=O) groups is 1. The highest BCUT2D eigenvalue weighted by Crippen LogP contribution is 2.37. The van der Waals surface area contributed by atoms with Crippen molar-refractivity contribution in [3.8, 4) is 0 Å². The zero-order chi connectivity index (χ0) is 15.4. The molecule has 1 N–H and O–H groups in total. The van der Waals surface area contributed by atoms with E-state index in [2.05, 4.69) is 41.4 Å². The molecule has 1 aromatic carbocycles. The zero-order valence-electron chi connectivity index (χ0n) is 13.4. The Kier molecular flexibility index (Phi) is 5.29. The van der Waals surface area contributed by atoms with Gasteiger partial charge >= 0.3 is 0 Å². The van der Waals surface area contributed by atoms with Crippen molar-refractivity contribution in [3.05, 3.63) is 24.3 Å². The number of nitrogens with zero attached hydrogens (tertiary/aromatic N) is 1. The van der Waals surface area contributed by atoms with E-state index in [0.717, 1.165) is 19.4 Å². The molecule has 120 valence electrons. The summed E-state index contributed by atoms with van der Waals surface area (Å²) in [6, 6.07) is 8.82. The molecule has 3 nitrogen and oxygen atoms in total. The van der Waals surface area contributed by atoms with Crippen molar-refractivity contribution >= 4 is 23.4 Å². The molecule has 3 rings (SSSR count). The Labute approximate surface area is 137 Å². The lowest BCUT2D eigenvalue weighted by Gasteiger charge is -2.34. The average molecular weight is 318 g/mol. The van der Waals surface area contributed by atoms with E-state index >= 15 is 0 Å². The number of carbonyl (C=O) groups excluding carboxylic acids is 1. The number of benzene rings is 1. The molecular formula is C18H26N2OS. The van der Waals surface area contributed by atoms with Gasteiger partial charge in [0.15, 0.2) is 0 Å². The largest absolute Gasteiger partial charge is 0.360 e. The van der Waals surface area contributed by atoms with Gasteiger partial charge in [0.2, 0.25) is 5.91 Å². The molecule has 1 aliphatic carbocycles. The van der Waals surface area contributed by atoms with Crippen LogP contribution >= 0.6 is 11.8 Å². The number of nitrogens with one attached hydrogen (secondary N) is 1. The first-order chi connectivity index (χ1) is 10.7. The second kappa shape index (κ2) is 7.40. The van der Waals surface area contributed by atoms with E-state index in [1.54, 1.807) is 0 Å². The van der Waals surface area contributed by atoms with Gasteiger partial charge in [0.1, 0.15) is 0 Å². The van der Waals surface area contributed by atoms with Crippen LogP contribution in [-0.2, 0) is 4.79 Å². The fourth-order valence-corrected chi connectivity index (χ4v) is 4.66. The van der Waals surface area contributed by atoms with Crippen molar-refractivity contribution in [2.45, 2.75) is 61.6 Å². The third kappa shape index (κ3) is 3.97. The fraction of sp³-hybridized carbons (Fsp3) is 0.611. The van der Waals surface area contributed by atoms with Gasteiger partial charge in [0, 0.05) is 22.7 Å². The average Bonchev–Trinajstić information content (AvgIpc) is 2.75. The van der Waals surface area contributed by atoms with Crippen LogP contribution in [0.3, 0.4) is 0 Å². The standard InChI is InChI=1S/C18H26N2OS/c1-14-12-20(16-10-6-7-11-17(16)22-14)13-18(21)19-15-8-4-2-3-5-9-15/h6-7,10-11,14-15H,2-5,8-9,12-13H2,1H3,(H,19,21)/t14-/m1/s1. The Morgan fingerprint density at radius 2 is 1.95 bits per heavy atom. The molecule has 0 bridgehead atoms. The topological polar surface area (TPSA) is 32.3 Å². The first kappa shape index (κ1) is 15.7. The Morgan fingerprint density at radius 1 is 1.23 bits per heavy atom.